The lowest BCUT2D eigenvalue weighted by Gasteiger charge is -2.01. The third-order valence-electron chi connectivity index (χ3n) is 1.10. The molecule has 1 aromatic rings. The Hall–Kier alpha value is -0.540. The average Bonchev–Trinajstić information content (AvgIpc) is 1.85. The first kappa shape index (κ1) is 8.56. The van der Waals surface area contributed by atoms with Crippen molar-refractivity contribution in [1.82, 2.24) is 0 Å². The van der Waals surface area contributed by atoms with Gasteiger partial charge in [-0.1, -0.05) is 11.6 Å². The predicted octanol–water partition coefficient (Wildman–Crippen LogP) is 3.18. The maximum absolute atomic E-state index is 12.6. The van der Waals surface area contributed by atoms with E-state index < -0.39 is 17.3 Å². The van der Waals surface area contributed by atoms with Gasteiger partial charge in [0.05, 0.1) is 0 Å². The van der Waals surface area contributed by atoms with Crippen LogP contribution in [0.2, 0.25) is 5.02 Å². The van der Waals surface area contributed by atoms with E-state index in [-0.39, 0.29) is 5.02 Å². The van der Waals surface area contributed by atoms with Crippen molar-refractivity contribution in [3.8, 4) is 0 Å². The van der Waals surface area contributed by atoms with Crippen LogP contribution in [-0.2, 0) is 0 Å². The molecule has 1 aromatic carbocycles. The number of nitrogens with one attached hydrogen (secondary N) is 1. The van der Waals surface area contributed by atoms with E-state index in [9.17, 15) is 8.78 Å². The summed E-state index contributed by atoms with van der Waals surface area (Å²) in [6.45, 7) is 0. The Kier molecular flexibility index (Phi) is 2.52. The number of anilines is 1. The molecule has 1 nitrogen and oxygen atoms in total. The van der Waals surface area contributed by atoms with Gasteiger partial charge in [0.2, 0.25) is 0 Å². The fraction of sp³-hybridized carbons (Fsp3) is 0. The molecule has 60 valence electrons. The van der Waals surface area contributed by atoms with Gasteiger partial charge in [-0.3, -0.25) is 4.84 Å². The van der Waals surface area contributed by atoms with E-state index in [0.717, 1.165) is 12.1 Å². The summed E-state index contributed by atoms with van der Waals surface area (Å²) in [6, 6.07) is 1.94. The summed E-state index contributed by atoms with van der Waals surface area (Å²) in [5.41, 5.74) is -0.393. The predicted molar refractivity (Wildman–Crippen MR) is 40.8 cm³/mol. The minimum atomic E-state index is -0.815. The van der Waals surface area contributed by atoms with Crippen LogP contribution in [-0.4, -0.2) is 0 Å². The lowest BCUT2D eigenvalue weighted by molar-refractivity contribution is 0.592. The van der Waals surface area contributed by atoms with Crippen molar-refractivity contribution < 1.29 is 8.78 Å². The highest BCUT2D eigenvalue weighted by atomic mass is 35.5. The smallest absolute Gasteiger partial charge is 0.151 e. The number of rotatable bonds is 1. The van der Waals surface area contributed by atoms with Crippen LogP contribution >= 0.6 is 23.4 Å². The fourth-order valence-electron chi connectivity index (χ4n) is 0.632. The van der Waals surface area contributed by atoms with Crippen LogP contribution in [0.25, 0.3) is 0 Å². The van der Waals surface area contributed by atoms with E-state index in [2.05, 4.69) is 0 Å². The molecule has 0 fully saturated rings. The van der Waals surface area contributed by atoms with Crippen molar-refractivity contribution >= 4 is 29.1 Å². The van der Waals surface area contributed by atoms with Gasteiger partial charge in [0, 0.05) is 16.8 Å². The molecule has 0 atom stereocenters. The Morgan fingerprint density at radius 1 is 1.18 bits per heavy atom. The van der Waals surface area contributed by atoms with Gasteiger partial charge < -0.3 is 0 Å². The summed E-state index contributed by atoms with van der Waals surface area (Å²) < 4.78 is 25.3. The molecule has 1 N–H and O–H groups in total. The third-order valence-corrected chi connectivity index (χ3v) is 1.51. The average molecular weight is 198 g/mol. The van der Waals surface area contributed by atoms with Crippen LogP contribution in [0.3, 0.4) is 0 Å². The summed E-state index contributed by atoms with van der Waals surface area (Å²) in [7, 11) is 0. The number of benzene rings is 1. The molecule has 5 heteroatoms. The standard InChI is InChI=1S/C6H3Cl2F2N/c7-3-1-4(9)6(11-8)5(10)2-3/h1-2,11H. The normalized spacial score (nSPS) is 9.82. The van der Waals surface area contributed by atoms with Crippen molar-refractivity contribution in [3.63, 3.8) is 0 Å². The molecule has 0 aliphatic carbocycles. The second-order valence-electron chi connectivity index (χ2n) is 1.84. The molecule has 0 saturated carbocycles. The lowest BCUT2D eigenvalue weighted by Crippen LogP contribution is -1.91. The topological polar surface area (TPSA) is 12.0 Å². The molecule has 0 heterocycles. The number of hydrogen-bond donors (Lipinski definition) is 1. The van der Waals surface area contributed by atoms with Crippen molar-refractivity contribution in [2.45, 2.75) is 0 Å². The Morgan fingerprint density at radius 3 is 2.00 bits per heavy atom. The molecule has 0 bridgehead atoms. The lowest BCUT2D eigenvalue weighted by atomic mass is 10.3. The third kappa shape index (κ3) is 1.73. The summed E-state index contributed by atoms with van der Waals surface area (Å²) in [5.74, 6) is -1.63. The van der Waals surface area contributed by atoms with Gasteiger partial charge in [-0.25, -0.2) is 8.78 Å². The molecular formula is C6H3Cl2F2N. The highest BCUT2D eigenvalue weighted by molar-refractivity contribution is 6.30. The van der Waals surface area contributed by atoms with Gasteiger partial charge in [0.15, 0.2) is 11.6 Å². The minimum absolute atomic E-state index is 0.00401. The SMILES string of the molecule is Fc1cc(Cl)cc(F)c1NCl. The summed E-state index contributed by atoms with van der Waals surface area (Å²) in [6.07, 6.45) is 0. The van der Waals surface area contributed by atoms with E-state index in [1.807, 2.05) is 4.84 Å². The molecule has 0 aromatic heterocycles. The second kappa shape index (κ2) is 3.24. The van der Waals surface area contributed by atoms with E-state index in [4.69, 9.17) is 23.4 Å². The van der Waals surface area contributed by atoms with Crippen LogP contribution in [0.15, 0.2) is 12.1 Å². The van der Waals surface area contributed by atoms with Gasteiger partial charge in [-0.15, -0.1) is 0 Å². The maximum Gasteiger partial charge on any atom is 0.151 e. The summed E-state index contributed by atoms with van der Waals surface area (Å²) in [4.78, 5) is 1.85. The highest BCUT2D eigenvalue weighted by Gasteiger charge is 2.08. The summed E-state index contributed by atoms with van der Waals surface area (Å²) in [5, 5.41) is -0.00401. The Labute approximate surface area is 72.0 Å². The van der Waals surface area contributed by atoms with E-state index in [1.54, 1.807) is 0 Å². The van der Waals surface area contributed by atoms with Crippen LogP contribution in [0.1, 0.15) is 0 Å². The van der Waals surface area contributed by atoms with E-state index >= 15 is 0 Å². The van der Waals surface area contributed by atoms with Crippen LogP contribution in [0.4, 0.5) is 14.5 Å². The molecule has 0 aliphatic rings. The molecule has 1 rings (SSSR count). The number of halogens is 4. The van der Waals surface area contributed by atoms with Crippen LogP contribution < -0.4 is 4.84 Å². The van der Waals surface area contributed by atoms with Gasteiger partial charge in [0.25, 0.3) is 0 Å². The van der Waals surface area contributed by atoms with Crippen LogP contribution in [0, 0.1) is 11.6 Å². The van der Waals surface area contributed by atoms with Gasteiger partial charge >= 0.3 is 0 Å². The zero-order valence-corrected chi connectivity index (χ0v) is 6.68. The zero-order chi connectivity index (χ0) is 8.43. The maximum atomic E-state index is 12.6. The first-order valence-electron chi connectivity index (χ1n) is 2.66. The zero-order valence-electron chi connectivity index (χ0n) is 5.17. The van der Waals surface area contributed by atoms with Crippen LogP contribution in [0.5, 0.6) is 0 Å². The van der Waals surface area contributed by atoms with E-state index in [1.165, 1.54) is 0 Å². The first-order chi connectivity index (χ1) is 5.15. The highest BCUT2D eigenvalue weighted by Crippen LogP contribution is 2.23. The molecule has 0 saturated heterocycles. The molecule has 0 amide bonds. The monoisotopic (exact) mass is 197 g/mol. The van der Waals surface area contributed by atoms with E-state index in [0.29, 0.717) is 0 Å². The van der Waals surface area contributed by atoms with Gasteiger partial charge in [-0.2, -0.15) is 0 Å². The largest absolute Gasteiger partial charge is 0.293 e. The molecule has 0 radical (unpaired) electrons. The van der Waals surface area contributed by atoms with Crippen molar-refractivity contribution in [2.24, 2.45) is 0 Å². The molecular weight excluding hydrogens is 195 g/mol. The minimum Gasteiger partial charge on any atom is -0.293 e. The quantitative estimate of drug-likeness (QED) is 0.683. The Bertz CT molecular complexity index is 254. The number of hydrogen-bond acceptors (Lipinski definition) is 1. The Balaban J connectivity index is 3.25. The molecule has 0 spiro atoms. The van der Waals surface area contributed by atoms with Crippen molar-refractivity contribution in [1.29, 1.82) is 0 Å². The summed E-state index contributed by atoms with van der Waals surface area (Å²) >= 11 is 10.3. The second-order valence-corrected chi connectivity index (χ2v) is 2.46. The first-order valence-corrected chi connectivity index (χ1v) is 3.42. The van der Waals surface area contributed by atoms with Gasteiger partial charge in [0.1, 0.15) is 5.69 Å². The fourth-order valence-corrected chi connectivity index (χ4v) is 1.00. The van der Waals surface area contributed by atoms with Crippen molar-refractivity contribution in [2.75, 3.05) is 4.84 Å². The Morgan fingerprint density at radius 2 is 1.64 bits per heavy atom. The molecule has 0 aliphatic heterocycles. The molecule has 11 heavy (non-hydrogen) atoms. The van der Waals surface area contributed by atoms with Gasteiger partial charge in [-0.05, 0) is 12.1 Å². The van der Waals surface area contributed by atoms with Crippen molar-refractivity contribution in [3.05, 3.63) is 28.8 Å². The molecule has 0 unspecified atom stereocenters.